The number of Topliss-reactive ketones (excluding diaryl/α,β-unsaturated/α-hetero) is 1. The molecule has 0 spiro atoms. The van der Waals surface area contributed by atoms with Crippen molar-refractivity contribution in [2.24, 2.45) is 5.92 Å². The number of rotatable bonds is 4. The molecule has 1 rings (SSSR count). The predicted molar refractivity (Wildman–Crippen MR) is 71.4 cm³/mol. The fourth-order valence-corrected chi connectivity index (χ4v) is 2.80. The molecule has 0 aliphatic heterocycles. The molecule has 90 valence electrons. The molecule has 1 aromatic heterocycles. The molecule has 0 amide bonds. The van der Waals surface area contributed by atoms with E-state index in [4.69, 9.17) is 0 Å². The number of thiophene rings is 1. The molecule has 0 radical (unpaired) electrons. The predicted octanol–water partition coefficient (Wildman–Crippen LogP) is 4.66. The Hall–Kier alpha value is -0.630. The molecule has 1 unspecified atom stereocenters. The van der Waals surface area contributed by atoms with Crippen molar-refractivity contribution in [2.75, 3.05) is 0 Å². The highest BCUT2D eigenvalue weighted by atomic mass is 32.1. The van der Waals surface area contributed by atoms with Crippen molar-refractivity contribution in [3.05, 3.63) is 21.9 Å². The minimum Gasteiger partial charge on any atom is -0.293 e. The van der Waals surface area contributed by atoms with E-state index in [1.54, 1.807) is 11.3 Å². The van der Waals surface area contributed by atoms with Gasteiger partial charge in [-0.2, -0.15) is 0 Å². The summed E-state index contributed by atoms with van der Waals surface area (Å²) >= 11 is 1.65. The van der Waals surface area contributed by atoms with Gasteiger partial charge in [0.2, 0.25) is 0 Å². The summed E-state index contributed by atoms with van der Waals surface area (Å²) in [5.74, 6) is 0.471. The van der Waals surface area contributed by atoms with Gasteiger partial charge in [-0.25, -0.2) is 0 Å². The summed E-state index contributed by atoms with van der Waals surface area (Å²) in [6, 6.07) is 4.08. The fraction of sp³-hybridized carbons (Fsp3) is 0.643. The van der Waals surface area contributed by atoms with Crippen LogP contribution in [0.15, 0.2) is 12.1 Å². The van der Waals surface area contributed by atoms with Crippen molar-refractivity contribution in [1.82, 2.24) is 0 Å². The van der Waals surface area contributed by atoms with E-state index in [0.29, 0.717) is 5.78 Å². The number of carbonyl (C=O) groups is 1. The number of hydrogen-bond donors (Lipinski definition) is 0. The lowest BCUT2D eigenvalue weighted by molar-refractivity contribution is 0.0928. The van der Waals surface area contributed by atoms with Gasteiger partial charge in [-0.05, 0) is 24.0 Å². The number of ketones is 1. The largest absolute Gasteiger partial charge is 0.293 e. The summed E-state index contributed by atoms with van der Waals surface area (Å²) in [5, 5.41) is 0. The van der Waals surface area contributed by atoms with Crippen LogP contribution >= 0.6 is 11.3 Å². The molecule has 0 saturated carbocycles. The molecule has 2 heteroatoms. The average molecular weight is 238 g/mol. The Morgan fingerprint density at radius 1 is 1.38 bits per heavy atom. The summed E-state index contributed by atoms with van der Waals surface area (Å²) < 4.78 is 0. The fourth-order valence-electron chi connectivity index (χ4n) is 1.68. The Kier molecular flexibility index (Phi) is 4.31. The van der Waals surface area contributed by atoms with Gasteiger partial charge in [0.05, 0.1) is 4.88 Å². The average Bonchev–Trinajstić information content (AvgIpc) is 2.65. The molecule has 0 N–H and O–H groups in total. The van der Waals surface area contributed by atoms with Gasteiger partial charge in [0.1, 0.15) is 0 Å². The molecule has 0 bridgehead atoms. The van der Waals surface area contributed by atoms with Crippen LogP contribution in [0.25, 0.3) is 0 Å². The molecule has 0 aliphatic carbocycles. The highest BCUT2D eigenvalue weighted by Crippen LogP contribution is 2.30. The maximum Gasteiger partial charge on any atom is 0.175 e. The van der Waals surface area contributed by atoms with Gasteiger partial charge in [-0.15, -0.1) is 11.3 Å². The van der Waals surface area contributed by atoms with Gasteiger partial charge >= 0.3 is 0 Å². The lowest BCUT2D eigenvalue weighted by Crippen LogP contribution is -2.10. The molecular weight excluding hydrogens is 216 g/mol. The first-order valence-electron chi connectivity index (χ1n) is 6.00. The Balaban J connectivity index is 2.82. The molecule has 0 aromatic carbocycles. The van der Waals surface area contributed by atoms with Crippen LogP contribution in [0.4, 0.5) is 0 Å². The van der Waals surface area contributed by atoms with E-state index in [0.717, 1.165) is 17.7 Å². The van der Waals surface area contributed by atoms with E-state index in [1.807, 2.05) is 13.0 Å². The second-order valence-electron chi connectivity index (χ2n) is 5.47. The van der Waals surface area contributed by atoms with Crippen molar-refractivity contribution < 1.29 is 4.79 Å². The van der Waals surface area contributed by atoms with Crippen LogP contribution in [0.1, 0.15) is 62.0 Å². The zero-order valence-electron chi connectivity index (χ0n) is 11.0. The molecule has 1 atom stereocenters. The summed E-state index contributed by atoms with van der Waals surface area (Å²) in [6.07, 6.45) is 2.06. The second kappa shape index (κ2) is 5.13. The maximum absolute atomic E-state index is 12.1. The Bertz CT molecular complexity index is 357. The minimum atomic E-state index is 0.150. The van der Waals surface area contributed by atoms with Crippen LogP contribution in [-0.4, -0.2) is 5.78 Å². The third kappa shape index (κ3) is 3.18. The van der Waals surface area contributed by atoms with E-state index in [-0.39, 0.29) is 11.3 Å². The minimum absolute atomic E-state index is 0.150. The zero-order valence-corrected chi connectivity index (χ0v) is 11.8. The van der Waals surface area contributed by atoms with Crippen molar-refractivity contribution in [2.45, 2.75) is 52.9 Å². The Morgan fingerprint density at radius 2 is 2.00 bits per heavy atom. The van der Waals surface area contributed by atoms with E-state index < -0.39 is 0 Å². The molecule has 0 aliphatic rings. The van der Waals surface area contributed by atoms with Crippen LogP contribution in [-0.2, 0) is 5.41 Å². The van der Waals surface area contributed by atoms with Gasteiger partial charge in [-0.3, -0.25) is 4.79 Å². The molecule has 16 heavy (non-hydrogen) atoms. The van der Waals surface area contributed by atoms with E-state index >= 15 is 0 Å². The third-order valence-corrected chi connectivity index (χ3v) is 4.28. The van der Waals surface area contributed by atoms with Crippen LogP contribution in [0.5, 0.6) is 0 Å². The summed E-state index contributed by atoms with van der Waals surface area (Å²) in [7, 11) is 0. The van der Waals surface area contributed by atoms with Gasteiger partial charge in [0.15, 0.2) is 5.78 Å². The van der Waals surface area contributed by atoms with E-state index in [2.05, 4.69) is 33.8 Å². The normalized spacial score (nSPS) is 13.8. The number of hydrogen-bond acceptors (Lipinski definition) is 2. The zero-order chi connectivity index (χ0) is 12.3. The van der Waals surface area contributed by atoms with Crippen molar-refractivity contribution in [3.8, 4) is 0 Å². The molecule has 0 saturated heterocycles. The topological polar surface area (TPSA) is 17.1 Å². The van der Waals surface area contributed by atoms with Gasteiger partial charge < -0.3 is 0 Å². The second-order valence-corrected chi connectivity index (χ2v) is 6.55. The summed E-state index contributed by atoms with van der Waals surface area (Å²) in [5.41, 5.74) is 0.150. The molecule has 1 nitrogen and oxygen atoms in total. The van der Waals surface area contributed by atoms with Crippen LogP contribution in [0, 0.1) is 5.92 Å². The molecule has 1 aromatic rings. The van der Waals surface area contributed by atoms with E-state index in [9.17, 15) is 4.79 Å². The monoisotopic (exact) mass is 238 g/mol. The summed E-state index contributed by atoms with van der Waals surface area (Å²) in [4.78, 5) is 14.3. The van der Waals surface area contributed by atoms with Gasteiger partial charge in [0, 0.05) is 10.8 Å². The van der Waals surface area contributed by atoms with Gasteiger partial charge in [-0.1, -0.05) is 41.0 Å². The molecule has 1 heterocycles. The lowest BCUT2D eigenvalue weighted by Gasteiger charge is -2.15. The SMILES string of the molecule is CCCC(C)C(=O)c1ccc(C(C)(C)C)s1. The maximum atomic E-state index is 12.1. The first-order valence-corrected chi connectivity index (χ1v) is 6.82. The third-order valence-electron chi connectivity index (χ3n) is 2.76. The highest BCUT2D eigenvalue weighted by molar-refractivity contribution is 7.14. The first-order chi connectivity index (χ1) is 7.36. The Morgan fingerprint density at radius 3 is 2.44 bits per heavy atom. The van der Waals surface area contributed by atoms with Crippen molar-refractivity contribution in [3.63, 3.8) is 0 Å². The summed E-state index contributed by atoms with van der Waals surface area (Å²) in [6.45, 7) is 10.7. The van der Waals surface area contributed by atoms with Gasteiger partial charge in [0.25, 0.3) is 0 Å². The van der Waals surface area contributed by atoms with E-state index in [1.165, 1.54) is 4.88 Å². The Labute approximate surface area is 103 Å². The van der Waals surface area contributed by atoms with Crippen LogP contribution < -0.4 is 0 Å². The van der Waals surface area contributed by atoms with Crippen LogP contribution in [0.3, 0.4) is 0 Å². The van der Waals surface area contributed by atoms with Crippen molar-refractivity contribution in [1.29, 1.82) is 0 Å². The molecule has 0 fully saturated rings. The lowest BCUT2D eigenvalue weighted by atomic mass is 9.95. The van der Waals surface area contributed by atoms with Crippen LogP contribution in [0.2, 0.25) is 0 Å². The quantitative estimate of drug-likeness (QED) is 0.697. The van der Waals surface area contributed by atoms with Crippen molar-refractivity contribution >= 4 is 17.1 Å². The number of carbonyl (C=O) groups excluding carboxylic acids is 1. The smallest absolute Gasteiger partial charge is 0.175 e. The standard InChI is InChI=1S/C14H22OS/c1-6-7-10(2)13(15)11-8-9-12(16-11)14(3,4)5/h8-10H,6-7H2,1-5H3. The highest BCUT2D eigenvalue weighted by Gasteiger charge is 2.20. The first kappa shape index (κ1) is 13.4. The molecular formula is C14H22OS.